The van der Waals surface area contributed by atoms with Crippen LogP contribution in [-0.2, 0) is 14.3 Å². The smallest absolute Gasteiger partial charge is 0.217 e. The molecule has 14 heavy (non-hydrogen) atoms. The summed E-state index contributed by atoms with van der Waals surface area (Å²) in [5.41, 5.74) is 0. The molecule has 0 fully saturated rings. The van der Waals surface area contributed by atoms with Crippen molar-refractivity contribution in [2.75, 3.05) is 13.2 Å². The van der Waals surface area contributed by atoms with Gasteiger partial charge in [0.1, 0.15) is 0 Å². The molecule has 0 radical (unpaired) electrons. The zero-order valence-electron chi connectivity index (χ0n) is 9.13. The predicted octanol–water partition coefficient (Wildman–Crippen LogP) is 1.76. The van der Waals surface area contributed by atoms with Crippen molar-refractivity contribution in [1.29, 1.82) is 0 Å². The van der Waals surface area contributed by atoms with E-state index in [1.807, 2.05) is 13.8 Å². The fraction of sp³-hybridized carbons (Fsp3) is 0.727. The fourth-order valence-corrected chi connectivity index (χ4v) is 0.965. The quantitative estimate of drug-likeness (QED) is 0.462. The Morgan fingerprint density at radius 1 is 1.29 bits per heavy atom. The van der Waals surface area contributed by atoms with Crippen molar-refractivity contribution in [3.8, 4) is 11.8 Å². The first-order chi connectivity index (χ1) is 6.76. The Hall–Kier alpha value is -0.850. The van der Waals surface area contributed by atoms with Gasteiger partial charge in [0.15, 0.2) is 5.78 Å². The van der Waals surface area contributed by atoms with Crippen LogP contribution in [0.15, 0.2) is 0 Å². The molecule has 0 aliphatic heterocycles. The summed E-state index contributed by atoms with van der Waals surface area (Å²) < 4.78 is 10.3. The standard InChI is InChI=1S/C11H18O3/c1-4-7-8-9-10(12)11(13-5-2)14-6-3/h11H,5-6,8-9H2,1-3H3. The summed E-state index contributed by atoms with van der Waals surface area (Å²) in [6, 6.07) is 0. The van der Waals surface area contributed by atoms with Crippen LogP contribution in [0.4, 0.5) is 0 Å². The van der Waals surface area contributed by atoms with Crippen molar-refractivity contribution in [1.82, 2.24) is 0 Å². The van der Waals surface area contributed by atoms with Gasteiger partial charge in [-0.25, -0.2) is 0 Å². The number of carbonyl (C=O) groups excluding carboxylic acids is 1. The molecule has 0 N–H and O–H groups in total. The number of hydrogen-bond donors (Lipinski definition) is 0. The first-order valence-electron chi connectivity index (χ1n) is 4.91. The highest BCUT2D eigenvalue weighted by atomic mass is 16.7. The molecule has 0 aromatic heterocycles. The molecule has 80 valence electrons. The Balaban J connectivity index is 3.91. The number of carbonyl (C=O) groups is 1. The molecule has 0 rings (SSSR count). The van der Waals surface area contributed by atoms with Crippen LogP contribution in [0.3, 0.4) is 0 Å². The largest absolute Gasteiger partial charge is 0.346 e. The average Bonchev–Trinajstić information content (AvgIpc) is 2.18. The van der Waals surface area contributed by atoms with E-state index in [0.717, 1.165) is 0 Å². The Kier molecular flexibility index (Phi) is 8.20. The Morgan fingerprint density at radius 3 is 2.29 bits per heavy atom. The maximum absolute atomic E-state index is 11.5. The van der Waals surface area contributed by atoms with Crippen molar-refractivity contribution in [2.24, 2.45) is 0 Å². The molecule has 0 atom stereocenters. The highest BCUT2D eigenvalue weighted by Gasteiger charge is 2.17. The minimum absolute atomic E-state index is 0.0311. The molecule has 3 heteroatoms. The number of Topliss-reactive ketones (excluding diaryl/α,β-unsaturated/α-hetero) is 1. The lowest BCUT2D eigenvalue weighted by atomic mass is 10.2. The van der Waals surface area contributed by atoms with E-state index in [9.17, 15) is 4.79 Å². The molecule has 0 heterocycles. The molecule has 0 aromatic rings. The predicted molar refractivity (Wildman–Crippen MR) is 54.7 cm³/mol. The third kappa shape index (κ3) is 5.74. The van der Waals surface area contributed by atoms with Crippen LogP contribution in [-0.4, -0.2) is 25.3 Å². The van der Waals surface area contributed by atoms with E-state index in [0.29, 0.717) is 26.1 Å². The molecule has 0 bridgehead atoms. The monoisotopic (exact) mass is 198 g/mol. The molecule has 0 aliphatic carbocycles. The Bertz CT molecular complexity index is 206. The number of ketones is 1. The lowest BCUT2D eigenvalue weighted by Crippen LogP contribution is -2.27. The molecule has 0 saturated heterocycles. The van der Waals surface area contributed by atoms with Gasteiger partial charge >= 0.3 is 0 Å². The van der Waals surface area contributed by atoms with Crippen LogP contribution in [0.2, 0.25) is 0 Å². The first kappa shape index (κ1) is 13.2. The third-order valence-corrected chi connectivity index (χ3v) is 1.57. The third-order valence-electron chi connectivity index (χ3n) is 1.57. The van der Waals surface area contributed by atoms with Crippen molar-refractivity contribution in [3.05, 3.63) is 0 Å². The SMILES string of the molecule is CC#CCCC(=O)C(OCC)OCC. The molecule has 0 spiro atoms. The lowest BCUT2D eigenvalue weighted by Gasteiger charge is -2.14. The maximum Gasteiger partial charge on any atom is 0.217 e. The highest BCUT2D eigenvalue weighted by molar-refractivity contribution is 5.82. The van der Waals surface area contributed by atoms with Gasteiger partial charge < -0.3 is 9.47 Å². The van der Waals surface area contributed by atoms with Crippen molar-refractivity contribution in [3.63, 3.8) is 0 Å². The van der Waals surface area contributed by atoms with E-state index >= 15 is 0 Å². The van der Waals surface area contributed by atoms with Crippen molar-refractivity contribution >= 4 is 5.78 Å². The number of hydrogen-bond acceptors (Lipinski definition) is 3. The van der Waals surface area contributed by atoms with Gasteiger partial charge in [0.2, 0.25) is 6.29 Å². The minimum Gasteiger partial charge on any atom is -0.346 e. The molecule has 0 amide bonds. The second kappa shape index (κ2) is 8.74. The fourth-order valence-electron chi connectivity index (χ4n) is 0.965. The van der Waals surface area contributed by atoms with Crippen LogP contribution in [0.1, 0.15) is 33.6 Å². The van der Waals surface area contributed by atoms with E-state index in [4.69, 9.17) is 9.47 Å². The number of rotatable bonds is 7. The second-order valence-electron chi connectivity index (χ2n) is 2.64. The molecule has 0 saturated carbocycles. The van der Waals surface area contributed by atoms with E-state index in [1.54, 1.807) is 6.92 Å². The van der Waals surface area contributed by atoms with Gasteiger partial charge in [-0.1, -0.05) is 0 Å². The molecular weight excluding hydrogens is 180 g/mol. The lowest BCUT2D eigenvalue weighted by molar-refractivity contribution is -0.167. The van der Waals surface area contributed by atoms with Crippen LogP contribution in [0.5, 0.6) is 0 Å². The van der Waals surface area contributed by atoms with Gasteiger partial charge in [0.25, 0.3) is 0 Å². The van der Waals surface area contributed by atoms with Crippen LogP contribution >= 0.6 is 0 Å². The second-order valence-corrected chi connectivity index (χ2v) is 2.64. The van der Waals surface area contributed by atoms with E-state index in [-0.39, 0.29) is 5.78 Å². The highest BCUT2D eigenvalue weighted by Crippen LogP contribution is 2.02. The Labute approximate surface area is 85.8 Å². The van der Waals surface area contributed by atoms with Crippen LogP contribution < -0.4 is 0 Å². The maximum atomic E-state index is 11.5. The molecule has 0 aliphatic rings. The molecular formula is C11H18O3. The van der Waals surface area contributed by atoms with Gasteiger partial charge in [-0.15, -0.1) is 11.8 Å². The van der Waals surface area contributed by atoms with E-state index in [1.165, 1.54) is 0 Å². The molecule has 3 nitrogen and oxygen atoms in total. The summed E-state index contributed by atoms with van der Waals surface area (Å²) in [5.74, 6) is 5.55. The summed E-state index contributed by atoms with van der Waals surface area (Å²) in [5, 5.41) is 0. The topological polar surface area (TPSA) is 35.5 Å². The van der Waals surface area contributed by atoms with E-state index < -0.39 is 6.29 Å². The zero-order valence-corrected chi connectivity index (χ0v) is 9.13. The average molecular weight is 198 g/mol. The first-order valence-corrected chi connectivity index (χ1v) is 4.91. The molecule has 0 unspecified atom stereocenters. The van der Waals surface area contributed by atoms with Gasteiger partial charge in [-0.05, 0) is 20.8 Å². The normalized spacial score (nSPS) is 9.71. The van der Waals surface area contributed by atoms with Gasteiger partial charge in [-0.2, -0.15) is 0 Å². The summed E-state index contributed by atoms with van der Waals surface area (Å²) in [4.78, 5) is 11.5. The van der Waals surface area contributed by atoms with Crippen LogP contribution in [0, 0.1) is 11.8 Å². The van der Waals surface area contributed by atoms with Crippen molar-refractivity contribution in [2.45, 2.75) is 39.9 Å². The Morgan fingerprint density at radius 2 is 1.86 bits per heavy atom. The van der Waals surface area contributed by atoms with Crippen LogP contribution in [0.25, 0.3) is 0 Å². The minimum atomic E-state index is -0.705. The summed E-state index contributed by atoms with van der Waals surface area (Å²) in [6.45, 7) is 6.40. The summed E-state index contributed by atoms with van der Waals surface area (Å²) in [7, 11) is 0. The van der Waals surface area contributed by atoms with Crippen molar-refractivity contribution < 1.29 is 14.3 Å². The van der Waals surface area contributed by atoms with Gasteiger partial charge in [0, 0.05) is 26.1 Å². The number of ether oxygens (including phenoxy) is 2. The molecule has 0 aromatic carbocycles. The van der Waals surface area contributed by atoms with Gasteiger partial charge in [0.05, 0.1) is 0 Å². The zero-order chi connectivity index (χ0) is 10.8. The van der Waals surface area contributed by atoms with Gasteiger partial charge in [-0.3, -0.25) is 4.79 Å². The van der Waals surface area contributed by atoms with E-state index in [2.05, 4.69) is 11.8 Å². The summed E-state index contributed by atoms with van der Waals surface area (Å²) >= 11 is 0. The summed E-state index contributed by atoms with van der Waals surface area (Å²) in [6.07, 6.45) is 0.265.